The highest BCUT2D eigenvalue weighted by atomic mass is 35.5. The third-order valence-corrected chi connectivity index (χ3v) is 1.39. The van der Waals surface area contributed by atoms with Crippen molar-refractivity contribution in [2.45, 2.75) is 0 Å². The van der Waals surface area contributed by atoms with Crippen LogP contribution in [0.1, 0.15) is 0 Å². The van der Waals surface area contributed by atoms with Gasteiger partial charge in [0.2, 0.25) is 0 Å². The van der Waals surface area contributed by atoms with E-state index in [1.807, 2.05) is 0 Å². The Bertz CT molecular complexity index is 321. The molecule has 0 spiro atoms. The summed E-state index contributed by atoms with van der Waals surface area (Å²) in [5.41, 5.74) is 5.91. The number of halogens is 1. The standard InChI is InChI=1S/C7H7ClN4/c8-6-3-5(10)4-12-7(6)11-2-1-9/h1-4,9H,10H2. The minimum atomic E-state index is 0.370. The van der Waals surface area contributed by atoms with Gasteiger partial charge in [-0.05, 0) is 6.07 Å². The molecule has 1 aromatic rings. The van der Waals surface area contributed by atoms with E-state index in [1.54, 1.807) is 6.07 Å². The second kappa shape index (κ2) is 3.82. The molecular formula is C7H7ClN4. The Morgan fingerprint density at radius 1 is 1.67 bits per heavy atom. The second-order valence-electron chi connectivity index (χ2n) is 2.02. The smallest absolute Gasteiger partial charge is 0.171 e. The van der Waals surface area contributed by atoms with Gasteiger partial charge in [0.1, 0.15) is 0 Å². The lowest BCUT2D eigenvalue weighted by atomic mass is 10.4. The Morgan fingerprint density at radius 3 is 3.00 bits per heavy atom. The van der Waals surface area contributed by atoms with Gasteiger partial charge in [-0.1, -0.05) is 11.6 Å². The predicted molar refractivity (Wildman–Crippen MR) is 50.6 cm³/mol. The maximum atomic E-state index is 6.69. The molecule has 0 saturated heterocycles. The maximum Gasteiger partial charge on any atom is 0.171 e. The molecule has 12 heavy (non-hydrogen) atoms. The van der Waals surface area contributed by atoms with Gasteiger partial charge < -0.3 is 11.1 Å². The van der Waals surface area contributed by atoms with E-state index in [1.165, 1.54) is 12.4 Å². The molecule has 0 radical (unpaired) electrons. The first-order valence-corrected chi connectivity index (χ1v) is 3.56. The van der Waals surface area contributed by atoms with Crippen LogP contribution in [0.15, 0.2) is 17.3 Å². The van der Waals surface area contributed by atoms with Crippen molar-refractivity contribution in [1.29, 1.82) is 5.41 Å². The van der Waals surface area contributed by atoms with Crippen LogP contribution in [0.2, 0.25) is 5.02 Å². The SMILES string of the molecule is N=CC=Nc1ncc(N)cc1Cl. The highest BCUT2D eigenvalue weighted by Crippen LogP contribution is 2.22. The van der Waals surface area contributed by atoms with Crippen LogP contribution in [-0.2, 0) is 0 Å². The third kappa shape index (κ3) is 2.03. The number of hydrogen-bond donors (Lipinski definition) is 2. The molecule has 0 atom stereocenters. The number of hydrogen-bond acceptors (Lipinski definition) is 4. The van der Waals surface area contributed by atoms with Gasteiger partial charge in [-0.25, -0.2) is 9.98 Å². The first kappa shape index (κ1) is 8.67. The molecule has 0 saturated carbocycles. The van der Waals surface area contributed by atoms with Gasteiger partial charge >= 0.3 is 0 Å². The molecule has 0 amide bonds. The van der Waals surface area contributed by atoms with Crippen LogP contribution >= 0.6 is 11.6 Å². The van der Waals surface area contributed by atoms with Crippen LogP contribution in [0.4, 0.5) is 11.5 Å². The first-order chi connectivity index (χ1) is 5.74. The van der Waals surface area contributed by atoms with Crippen LogP contribution in [-0.4, -0.2) is 17.4 Å². The predicted octanol–water partition coefficient (Wildman–Crippen LogP) is 1.67. The fourth-order valence-corrected chi connectivity index (χ4v) is 0.872. The molecule has 1 aromatic heterocycles. The van der Waals surface area contributed by atoms with Crippen LogP contribution < -0.4 is 5.73 Å². The minimum absolute atomic E-state index is 0.370. The summed E-state index contributed by atoms with van der Waals surface area (Å²) in [6.07, 6.45) is 3.81. The molecule has 1 rings (SSSR count). The quantitative estimate of drug-likeness (QED) is 0.683. The number of nitrogens with zero attached hydrogens (tertiary/aromatic N) is 2. The molecule has 0 unspecified atom stereocenters. The molecular weight excluding hydrogens is 176 g/mol. The van der Waals surface area contributed by atoms with Crippen molar-refractivity contribution < 1.29 is 0 Å². The summed E-state index contributed by atoms with van der Waals surface area (Å²) in [6.45, 7) is 0. The van der Waals surface area contributed by atoms with Gasteiger partial charge in [0, 0.05) is 12.4 Å². The summed E-state index contributed by atoms with van der Waals surface area (Å²) in [5, 5.41) is 7.08. The first-order valence-electron chi connectivity index (χ1n) is 3.18. The average Bonchev–Trinajstić information content (AvgIpc) is 2.03. The van der Waals surface area contributed by atoms with Crippen molar-refractivity contribution in [2.24, 2.45) is 4.99 Å². The number of anilines is 1. The van der Waals surface area contributed by atoms with Crippen molar-refractivity contribution in [2.75, 3.05) is 5.73 Å². The normalized spacial score (nSPS) is 10.4. The second-order valence-corrected chi connectivity index (χ2v) is 2.43. The number of nitrogens with one attached hydrogen (secondary N) is 1. The van der Waals surface area contributed by atoms with Crippen LogP contribution in [0.5, 0.6) is 0 Å². The van der Waals surface area contributed by atoms with Gasteiger partial charge in [-0.3, -0.25) is 0 Å². The lowest BCUT2D eigenvalue weighted by Gasteiger charge is -1.96. The number of aromatic nitrogens is 1. The Balaban J connectivity index is 3.01. The van der Waals surface area contributed by atoms with Crippen molar-refractivity contribution >= 4 is 35.5 Å². The molecule has 1 heterocycles. The molecule has 0 aliphatic carbocycles. The fourth-order valence-electron chi connectivity index (χ4n) is 0.648. The summed E-state index contributed by atoms with van der Waals surface area (Å²) < 4.78 is 0. The molecule has 0 aliphatic heterocycles. The minimum Gasteiger partial charge on any atom is -0.397 e. The summed E-state index contributed by atoms with van der Waals surface area (Å²) in [6, 6.07) is 1.56. The van der Waals surface area contributed by atoms with E-state index in [0.717, 1.165) is 6.21 Å². The molecule has 0 bridgehead atoms. The highest BCUT2D eigenvalue weighted by Gasteiger charge is 1.98. The Hall–Kier alpha value is -1.42. The van der Waals surface area contributed by atoms with Crippen LogP contribution in [0.25, 0.3) is 0 Å². The van der Waals surface area contributed by atoms with E-state index in [-0.39, 0.29) is 0 Å². The summed E-state index contributed by atoms with van der Waals surface area (Å²) in [4.78, 5) is 7.66. The van der Waals surface area contributed by atoms with Gasteiger partial charge in [0.25, 0.3) is 0 Å². The lowest BCUT2D eigenvalue weighted by Crippen LogP contribution is -1.86. The lowest BCUT2D eigenvalue weighted by molar-refractivity contribution is 1.28. The van der Waals surface area contributed by atoms with E-state index < -0.39 is 0 Å². The molecule has 3 N–H and O–H groups in total. The Kier molecular flexibility index (Phi) is 2.76. The zero-order valence-corrected chi connectivity index (χ0v) is 6.92. The van der Waals surface area contributed by atoms with Gasteiger partial charge in [0.05, 0.1) is 16.9 Å². The van der Waals surface area contributed by atoms with Crippen molar-refractivity contribution in [3.8, 4) is 0 Å². The largest absolute Gasteiger partial charge is 0.397 e. The monoisotopic (exact) mass is 182 g/mol. The highest BCUT2D eigenvalue weighted by molar-refractivity contribution is 6.33. The molecule has 62 valence electrons. The van der Waals surface area contributed by atoms with Crippen molar-refractivity contribution in [1.82, 2.24) is 4.98 Å². The number of rotatable bonds is 2. The molecule has 0 aliphatic rings. The van der Waals surface area contributed by atoms with Crippen LogP contribution in [0, 0.1) is 5.41 Å². The van der Waals surface area contributed by atoms with E-state index in [9.17, 15) is 0 Å². The van der Waals surface area contributed by atoms with Crippen LogP contribution in [0.3, 0.4) is 0 Å². The van der Waals surface area contributed by atoms with E-state index in [4.69, 9.17) is 22.7 Å². The van der Waals surface area contributed by atoms with E-state index in [0.29, 0.717) is 16.5 Å². The number of nitrogen functional groups attached to an aromatic ring is 1. The molecule has 4 nitrogen and oxygen atoms in total. The Morgan fingerprint density at radius 2 is 2.42 bits per heavy atom. The fraction of sp³-hybridized carbons (Fsp3) is 0. The van der Waals surface area contributed by atoms with Crippen molar-refractivity contribution in [3.63, 3.8) is 0 Å². The van der Waals surface area contributed by atoms with Gasteiger partial charge in [-0.2, -0.15) is 0 Å². The van der Waals surface area contributed by atoms with Gasteiger partial charge in [-0.15, -0.1) is 0 Å². The van der Waals surface area contributed by atoms with Crippen molar-refractivity contribution in [3.05, 3.63) is 17.3 Å². The summed E-state index contributed by atoms with van der Waals surface area (Å²) >= 11 is 5.73. The zero-order chi connectivity index (χ0) is 8.97. The van der Waals surface area contributed by atoms with E-state index in [2.05, 4.69) is 9.98 Å². The van der Waals surface area contributed by atoms with Gasteiger partial charge in [0.15, 0.2) is 5.82 Å². The average molecular weight is 183 g/mol. The third-order valence-electron chi connectivity index (χ3n) is 1.11. The molecule has 5 heteroatoms. The summed E-state index contributed by atoms with van der Waals surface area (Å²) in [7, 11) is 0. The zero-order valence-electron chi connectivity index (χ0n) is 6.16. The molecule has 0 aromatic carbocycles. The number of aliphatic imine (C=N–C) groups is 1. The topological polar surface area (TPSA) is 75.1 Å². The number of pyridine rings is 1. The molecule has 0 fully saturated rings. The summed E-state index contributed by atoms with van der Waals surface area (Å²) in [5.74, 6) is 0.370. The van der Waals surface area contributed by atoms with E-state index >= 15 is 0 Å². The maximum absolute atomic E-state index is 6.69. The number of nitrogens with two attached hydrogens (primary N) is 1. The Labute approximate surface area is 74.6 Å².